The number of hydrogen-bond acceptors (Lipinski definition) is 5. The van der Waals surface area contributed by atoms with E-state index in [1.807, 2.05) is 80.9 Å². The van der Waals surface area contributed by atoms with Crippen LogP contribution in [0.1, 0.15) is 22.5 Å². The van der Waals surface area contributed by atoms with Crippen LogP contribution >= 0.6 is 11.8 Å². The van der Waals surface area contributed by atoms with Crippen LogP contribution in [0, 0.1) is 27.7 Å². The van der Waals surface area contributed by atoms with E-state index >= 15 is 0 Å². The van der Waals surface area contributed by atoms with Crippen LogP contribution in [0.25, 0.3) is 5.69 Å². The van der Waals surface area contributed by atoms with Gasteiger partial charge >= 0.3 is 5.97 Å². The Morgan fingerprint density at radius 1 is 1.03 bits per heavy atom. The van der Waals surface area contributed by atoms with E-state index in [-0.39, 0.29) is 18.3 Å². The third-order valence-corrected chi connectivity index (χ3v) is 5.97. The molecule has 6 nitrogen and oxygen atoms in total. The molecule has 0 bridgehead atoms. The van der Waals surface area contributed by atoms with Crippen molar-refractivity contribution in [1.82, 2.24) is 9.78 Å². The Labute approximate surface area is 180 Å². The number of nitrogens with one attached hydrogen (secondary N) is 1. The van der Waals surface area contributed by atoms with Crippen molar-refractivity contribution in [3.05, 3.63) is 71.0 Å². The summed E-state index contributed by atoms with van der Waals surface area (Å²) in [5.41, 5.74) is 5.70. The maximum absolute atomic E-state index is 12.1. The van der Waals surface area contributed by atoms with Crippen LogP contribution in [0.15, 0.2) is 53.4 Å². The zero-order chi connectivity index (χ0) is 21.7. The smallest absolute Gasteiger partial charge is 0.316 e. The number of ether oxygens (including phenoxy) is 1. The molecule has 0 saturated carbocycles. The molecule has 0 aliphatic carbocycles. The number of esters is 1. The van der Waals surface area contributed by atoms with E-state index in [0.29, 0.717) is 5.69 Å². The minimum Gasteiger partial charge on any atom is -0.455 e. The van der Waals surface area contributed by atoms with Crippen molar-refractivity contribution in [2.75, 3.05) is 17.7 Å². The minimum atomic E-state index is -0.443. The van der Waals surface area contributed by atoms with Crippen molar-refractivity contribution < 1.29 is 14.3 Å². The lowest BCUT2D eigenvalue weighted by Crippen LogP contribution is -2.21. The maximum Gasteiger partial charge on any atom is 0.316 e. The fourth-order valence-corrected chi connectivity index (χ4v) is 3.88. The van der Waals surface area contributed by atoms with Gasteiger partial charge in [0.05, 0.1) is 27.7 Å². The minimum absolute atomic E-state index is 0.110. The van der Waals surface area contributed by atoms with Crippen molar-refractivity contribution in [2.24, 2.45) is 0 Å². The fourth-order valence-electron chi connectivity index (χ4n) is 2.99. The molecule has 156 valence electrons. The van der Waals surface area contributed by atoms with Gasteiger partial charge in [-0.3, -0.25) is 9.59 Å². The first-order valence-corrected chi connectivity index (χ1v) is 10.6. The number of carbonyl (C=O) groups is 2. The Bertz CT molecular complexity index is 1060. The summed E-state index contributed by atoms with van der Waals surface area (Å²) >= 11 is 1.37. The number of amides is 1. The van der Waals surface area contributed by atoms with E-state index in [9.17, 15) is 9.59 Å². The van der Waals surface area contributed by atoms with Crippen molar-refractivity contribution >= 4 is 29.3 Å². The first-order valence-electron chi connectivity index (χ1n) is 9.62. The topological polar surface area (TPSA) is 73.2 Å². The predicted molar refractivity (Wildman–Crippen MR) is 119 cm³/mol. The van der Waals surface area contributed by atoms with Gasteiger partial charge in [-0.25, -0.2) is 4.68 Å². The number of rotatable bonds is 7. The molecule has 1 amide bonds. The Kier molecular flexibility index (Phi) is 6.95. The van der Waals surface area contributed by atoms with Gasteiger partial charge in [0, 0.05) is 5.69 Å². The molecular weight excluding hydrogens is 398 g/mol. The summed E-state index contributed by atoms with van der Waals surface area (Å²) < 4.78 is 6.99. The number of para-hydroxylation sites is 1. The van der Waals surface area contributed by atoms with Gasteiger partial charge in [0.25, 0.3) is 5.91 Å². The van der Waals surface area contributed by atoms with Crippen LogP contribution in [-0.2, 0) is 14.3 Å². The molecule has 3 aromatic rings. The van der Waals surface area contributed by atoms with Crippen LogP contribution in [0.2, 0.25) is 0 Å². The summed E-state index contributed by atoms with van der Waals surface area (Å²) in [6.45, 7) is 7.56. The van der Waals surface area contributed by atoms with Gasteiger partial charge in [0.2, 0.25) is 0 Å². The molecule has 30 heavy (non-hydrogen) atoms. The number of anilines is 1. The second kappa shape index (κ2) is 9.63. The number of nitrogens with zero attached hydrogens (tertiary/aromatic N) is 2. The Hall–Kier alpha value is -3.06. The van der Waals surface area contributed by atoms with E-state index < -0.39 is 5.97 Å². The van der Waals surface area contributed by atoms with Gasteiger partial charge in [-0.2, -0.15) is 5.10 Å². The van der Waals surface area contributed by atoms with Gasteiger partial charge in [-0.1, -0.05) is 24.3 Å². The molecule has 0 fully saturated rings. The van der Waals surface area contributed by atoms with Crippen LogP contribution in [0.4, 0.5) is 5.69 Å². The molecule has 1 heterocycles. The van der Waals surface area contributed by atoms with Crippen molar-refractivity contribution in [3.8, 4) is 5.69 Å². The lowest BCUT2D eigenvalue weighted by atomic mass is 10.1. The van der Waals surface area contributed by atoms with Crippen molar-refractivity contribution in [3.63, 3.8) is 0 Å². The van der Waals surface area contributed by atoms with Crippen molar-refractivity contribution in [2.45, 2.75) is 32.6 Å². The van der Waals surface area contributed by atoms with Gasteiger partial charge in [0.1, 0.15) is 0 Å². The summed E-state index contributed by atoms with van der Waals surface area (Å²) in [6, 6.07) is 15.5. The van der Waals surface area contributed by atoms with Gasteiger partial charge in [-0.05, 0) is 63.1 Å². The zero-order valence-corrected chi connectivity index (χ0v) is 18.4. The van der Waals surface area contributed by atoms with Crippen molar-refractivity contribution in [1.29, 1.82) is 0 Å². The van der Waals surface area contributed by atoms with Crippen LogP contribution in [0.3, 0.4) is 0 Å². The molecule has 0 unspecified atom stereocenters. The molecule has 0 aliphatic heterocycles. The number of thioether (sulfide) groups is 1. The Morgan fingerprint density at radius 3 is 2.47 bits per heavy atom. The molecule has 0 aliphatic rings. The lowest BCUT2D eigenvalue weighted by Gasteiger charge is -2.08. The zero-order valence-electron chi connectivity index (χ0n) is 17.6. The van der Waals surface area contributed by atoms with Gasteiger partial charge < -0.3 is 10.1 Å². The summed E-state index contributed by atoms with van der Waals surface area (Å²) in [5.74, 6) is -0.693. The summed E-state index contributed by atoms with van der Waals surface area (Å²) in [7, 11) is 0. The SMILES string of the molecule is Cc1ccc(NC(=O)COC(=O)CSc2c(C)nn(-c3ccccc3)c2C)cc1C. The molecule has 2 aromatic carbocycles. The molecule has 1 aromatic heterocycles. The van der Waals surface area contributed by atoms with Crippen LogP contribution in [0.5, 0.6) is 0 Å². The first kappa shape index (κ1) is 21.6. The average molecular weight is 424 g/mol. The van der Waals surface area contributed by atoms with E-state index in [1.54, 1.807) is 0 Å². The second-order valence-electron chi connectivity index (χ2n) is 7.04. The summed E-state index contributed by atoms with van der Waals surface area (Å²) in [5, 5.41) is 7.31. The average Bonchev–Trinajstić information content (AvgIpc) is 3.02. The van der Waals surface area contributed by atoms with Crippen LogP contribution < -0.4 is 5.32 Å². The number of benzene rings is 2. The first-order chi connectivity index (χ1) is 14.3. The van der Waals surface area contributed by atoms with E-state index in [0.717, 1.165) is 33.1 Å². The number of aryl methyl sites for hydroxylation is 3. The third-order valence-electron chi connectivity index (χ3n) is 4.71. The van der Waals surface area contributed by atoms with E-state index in [2.05, 4.69) is 10.4 Å². The highest BCUT2D eigenvalue weighted by Gasteiger charge is 2.16. The maximum atomic E-state index is 12.1. The highest BCUT2D eigenvalue weighted by molar-refractivity contribution is 8.00. The number of carbonyl (C=O) groups excluding carboxylic acids is 2. The molecule has 0 saturated heterocycles. The highest BCUT2D eigenvalue weighted by atomic mass is 32.2. The monoisotopic (exact) mass is 423 g/mol. The molecule has 1 N–H and O–H groups in total. The lowest BCUT2D eigenvalue weighted by molar-refractivity contribution is -0.144. The second-order valence-corrected chi connectivity index (χ2v) is 8.03. The predicted octanol–water partition coefficient (Wildman–Crippen LogP) is 4.38. The molecule has 0 radical (unpaired) electrons. The summed E-state index contributed by atoms with van der Waals surface area (Å²) in [6.07, 6.45) is 0. The summed E-state index contributed by atoms with van der Waals surface area (Å²) in [4.78, 5) is 25.1. The quantitative estimate of drug-likeness (QED) is 0.451. The Morgan fingerprint density at radius 2 is 1.77 bits per heavy atom. The highest BCUT2D eigenvalue weighted by Crippen LogP contribution is 2.28. The van der Waals surface area contributed by atoms with Gasteiger partial charge in [0.15, 0.2) is 6.61 Å². The molecule has 7 heteroatoms. The van der Waals surface area contributed by atoms with Crippen LogP contribution in [-0.4, -0.2) is 34.0 Å². The molecule has 0 atom stereocenters. The molecule has 3 rings (SSSR count). The van der Waals surface area contributed by atoms with E-state index in [4.69, 9.17) is 4.74 Å². The van der Waals surface area contributed by atoms with E-state index in [1.165, 1.54) is 11.8 Å². The molecule has 0 spiro atoms. The number of hydrogen-bond donors (Lipinski definition) is 1. The van der Waals surface area contributed by atoms with Gasteiger partial charge in [-0.15, -0.1) is 11.8 Å². The molecular formula is C23H25N3O3S. The normalized spacial score (nSPS) is 10.7. The standard InChI is InChI=1S/C23H25N3O3S/c1-15-10-11-19(12-16(15)2)24-21(27)13-29-22(28)14-30-23-17(3)25-26(18(23)4)20-8-6-5-7-9-20/h5-12H,13-14H2,1-4H3,(H,24,27). The Balaban J connectivity index is 1.52. The fraction of sp³-hybridized carbons (Fsp3) is 0.261. The largest absolute Gasteiger partial charge is 0.455 e. The third kappa shape index (κ3) is 5.30. The number of aromatic nitrogens is 2.